The topological polar surface area (TPSA) is 49.7 Å². The number of piperidine rings is 1. The number of fused-ring (bicyclic) bond motifs is 1. The summed E-state index contributed by atoms with van der Waals surface area (Å²) in [4.78, 5) is 17.1. The summed E-state index contributed by atoms with van der Waals surface area (Å²) in [7, 11) is 0. The van der Waals surface area contributed by atoms with Crippen LogP contribution in [0.2, 0.25) is 0 Å². The van der Waals surface area contributed by atoms with Gasteiger partial charge in [0.05, 0.1) is 11.6 Å². The quantitative estimate of drug-likeness (QED) is 0.118. The number of carbonyl (C=O) groups excluding carboxylic acids is 1. The number of hydrogen-bond donors (Lipinski definition) is 1. The molecule has 274 valence electrons. The van der Waals surface area contributed by atoms with Gasteiger partial charge in [0.25, 0.3) is 0 Å². The summed E-state index contributed by atoms with van der Waals surface area (Å²) < 4.78 is 85.8. The molecular weight excluding hydrogens is 670 g/mol. The number of unbranched alkanes of at least 4 members (excludes halogenated alkanes) is 1. The van der Waals surface area contributed by atoms with E-state index in [2.05, 4.69) is 42.6 Å². The maximum atomic E-state index is 13.7. The van der Waals surface area contributed by atoms with Crippen LogP contribution in [-0.4, -0.2) is 65.3 Å². The summed E-state index contributed by atoms with van der Waals surface area (Å²) in [6.45, 7) is 6.89. The molecule has 2 aliphatic rings. The molecule has 12 heteroatoms. The van der Waals surface area contributed by atoms with E-state index in [0.717, 1.165) is 72.3 Å². The number of ether oxygens (including phenoxy) is 1. The van der Waals surface area contributed by atoms with Crippen LogP contribution in [0.3, 0.4) is 0 Å². The number of benzene rings is 3. The van der Waals surface area contributed by atoms with Crippen LogP contribution in [0.5, 0.6) is 5.75 Å². The molecule has 1 atom stereocenters. The van der Waals surface area contributed by atoms with Crippen LogP contribution in [0.25, 0.3) is 22.0 Å². The number of Topliss-reactive ketones (excluding diaryl/α,β-unsaturated/α-hetero) is 1. The van der Waals surface area contributed by atoms with Gasteiger partial charge in [-0.05, 0) is 91.7 Å². The second kappa shape index (κ2) is 15.8. The molecule has 0 saturated carbocycles. The van der Waals surface area contributed by atoms with Gasteiger partial charge in [-0.2, -0.15) is 13.2 Å². The van der Waals surface area contributed by atoms with E-state index in [-0.39, 0.29) is 24.1 Å². The third kappa shape index (κ3) is 9.52. The molecule has 1 unspecified atom stereocenters. The third-order valence-corrected chi connectivity index (χ3v) is 10.1. The Kier molecular flexibility index (Phi) is 11.4. The number of ketones is 1. The average Bonchev–Trinajstić information content (AvgIpc) is 3.45. The van der Waals surface area contributed by atoms with E-state index < -0.39 is 18.1 Å². The van der Waals surface area contributed by atoms with Crippen molar-refractivity contribution in [2.75, 3.05) is 32.7 Å². The SMILES string of the molecule is Cc1cccc(C(F)(F)F)c1CN1CCN(Cc2ccc3c(c2)c(-c2ccc(OC(F)(F)F)cc2)cn3CCCCC(=O)C2CCCCN2)CC1. The first-order valence-corrected chi connectivity index (χ1v) is 17.7. The van der Waals surface area contributed by atoms with E-state index in [1.807, 2.05) is 6.20 Å². The number of carbonyl (C=O) groups is 1. The van der Waals surface area contributed by atoms with Crippen molar-refractivity contribution in [2.24, 2.45) is 0 Å². The summed E-state index contributed by atoms with van der Waals surface area (Å²) in [5.41, 5.74) is 4.09. The fourth-order valence-electron chi connectivity index (χ4n) is 7.34. The molecule has 0 bridgehead atoms. The summed E-state index contributed by atoms with van der Waals surface area (Å²) in [5, 5.41) is 4.30. The number of halogens is 6. The van der Waals surface area contributed by atoms with Crippen molar-refractivity contribution in [2.45, 2.75) is 83.7 Å². The van der Waals surface area contributed by atoms with Crippen LogP contribution in [0, 0.1) is 6.92 Å². The Morgan fingerprint density at radius 3 is 2.27 bits per heavy atom. The van der Waals surface area contributed by atoms with Crippen LogP contribution in [0.1, 0.15) is 60.8 Å². The van der Waals surface area contributed by atoms with E-state index in [1.165, 1.54) is 18.2 Å². The number of hydrogen-bond acceptors (Lipinski definition) is 5. The first-order valence-electron chi connectivity index (χ1n) is 17.7. The molecule has 6 rings (SSSR count). The Hall–Kier alpha value is -3.87. The number of aromatic nitrogens is 1. The number of nitrogens with zero attached hydrogens (tertiary/aromatic N) is 3. The molecule has 0 radical (unpaired) electrons. The number of aryl methyl sites for hydroxylation is 2. The van der Waals surface area contributed by atoms with Crippen LogP contribution in [-0.2, 0) is 30.6 Å². The van der Waals surface area contributed by atoms with Gasteiger partial charge in [0.1, 0.15) is 11.5 Å². The average molecular weight is 715 g/mol. The fraction of sp³-hybridized carbons (Fsp3) is 0.462. The molecule has 6 nitrogen and oxygen atoms in total. The van der Waals surface area contributed by atoms with Gasteiger partial charge in [0, 0.05) is 74.9 Å². The third-order valence-electron chi connectivity index (χ3n) is 10.1. The number of piperazine rings is 1. The van der Waals surface area contributed by atoms with Gasteiger partial charge < -0.3 is 14.6 Å². The van der Waals surface area contributed by atoms with Crippen molar-refractivity contribution < 1.29 is 35.9 Å². The first-order chi connectivity index (χ1) is 24.3. The Balaban J connectivity index is 1.15. The van der Waals surface area contributed by atoms with Gasteiger partial charge in [-0.15, -0.1) is 13.2 Å². The highest BCUT2D eigenvalue weighted by Gasteiger charge is 2.34. The van der Waals surface area contributed by atoms with Gasteiger partial charge >= 0.3 is 12.5 Å². The Morgan fingerprint density at radius 1 is 0.882 bits per heavy atom. The maximum absolute atomic E-state index is 13.7. The fourth-order valence-corrected chi connectivity index (χ4v) is 7.34. The van der Waals surface area contributed by atoms with Gasteiger partial charge in [-0.1, -0.05) is 36.8 Å². The summed E-state index contributed by atoms with van der Waals surface area (Å²) in [5.74, 6) is -0.0235. The van der Waals surface area contributed by atoms with Gasteiger partial charge in [-0.25, -0.2) is 0 Å². The lowest BCUT2D eigenvalue weighted by Gasteiger charge is -2.35. The van der Waals surface area contributed by atoms with Crippen molar-refractivity contribution in [3.05, 3.63) is 89.1 Å². The smallest absolute Gasteiger partial charge is 0.406 e. The van der Waals surface area contributed by atoms with E-state index >= 15 is 0 Å². The molecule has 2 saturated heterocycles. The molecule has 3 aromatic carbocycles. The van der Waals surface area contributed by atoms with Crippen molar-refractivity contribution in [3.8, 4) is 16.9 Å². The monoisotopic (exact) mass is 714 g/mol. The molecule has 2 aliphatic heterocycles. The van der Waals surface area contributed by atoms with E-state index in [1.54, 1.807) is 25.1 Å². The van der Waals surface area contributed by atoms with E-state index in [9.17, 15) is 31.1 Å². The molecule has 1 N–H and O–H groups in total. The minimum absolute atomic E-state index is 0.0428. The lowest BCUT2D eigenvalue weighted by Crippen LogP contribution is -2.45. The summed E-state index contributed by atoms with van der Waals surface area (Å²) in [6.07, 6.45) is -1.99. The molecule has 0 aliphatic carbocycles. The predicted molar refractivity (Wildman–Crippen MR) is 185 cm³/mol. The van der Waals surface area contributed by atoms with Gasteiger partial charge in [0.15, 0.2) is 0 Å². The molecule has 2 fully saturated rings. The Bertz CT molecular complexity index is 1790. The maximum Gasteiger partial charge on any atom is 0.573 e. The highest BCUT2D eigenvalue weighted by atomic mass is 19.4. The standard InChI is InChI=1S/C39H44F6N4O2/c1-27-7-6-8-34(38(40,41)42)32(27)25-48-21-19-47(20-22-48)24-28-11-16-36-31(23-28)33(29-12-14-30(15-13-29)51-39(43,44)45)26-49(36)18-5-3-10-37(50)35-9-2-4-17-46-35/h6-8,11-16,23,26,35,46H,2-5,9-10,17-22,24-25H2,1H3. The van der Waals surface area contributed by atoms with Gasteiger partial charge in [0.2, 0.25) is 0 Å². The molecule has 51 heavy (non-hydrogen) atoms. The first kappa shape index (κ1) is 36.9. The van der Waals surface area contributed by atoms with Crippen molar-refractivity contribution in [3.63, 3.8) is 0 Å². The molecular formula is C39H44F6N4O2. The number of nitrogens with one attached hydrogen (secondary N) is 1. The molecule has 0 amide bonds. The lowest BCUT2D eigenvalue weighted by molar-refractivity contribution is -0.274. The zero-order valence-electron chi connectivity index (χ0n) is 28.8. The lowest BCUT2D eigenvalue weighted by atomic mass is 9.98. The Morgan fingerprint density at radius 2 is 1.61 bits per heavy atom. The highest BCUT2D eigenvalue weighted by molar-refractivity contribution is 5.96. The van der Waals surface area contributed by atoms with Crippen molar-refractivity contribution in [1.29, 1.82) is 0 Å². The van der Waals surface area contributed by atoms with Crippen LogP contribution >= 0.6 is 0 Å². The molecule has 4 aromatic rings. The van der Waals surface area contributed by atoms with Gasteiger partial charge in [-0.3, -0.25) is 14.6 Å². The van der Waals surface area contributed by atoms with Crippen molar-refractivity contribution in [1.82, 2.24) is 19.7 Å². The van der Waals surface area contributed by atoms with Crippen LogP contribution in [0.15, 0.2) is 66.9 Å². The largest absolute Gasteiger partial charge is 0.573 e. The minimum atomic E-state index is -4.78. The number of rotatable bonds is 12. The normalized spacial score (nSPS) is 18.0. The predicted octanol–water partition coefficient (Wildman–Crippen LogP) is 8.73. The zero-order chi connectivity index (χ0) is 36.2. The highest BCUT2D eigenvalue weighted by Crippen LogP contribution is 2.36. The summed E-state index contributed by atoms with van der Waals surface area (Å²) >= 11 is 0. The van der Waals surface area contributed by atoms with E-state index in [4.69, 9.17) is 0 Å². The second-order valence-electron chi connectivity index (χ2n) is 13.7. The van der Waals surface area contributed by atoms with Crippen LogP contribution in [0.4, 0.5) is 26.3 Å². The minimum Gasteiger partial charge on any atom is -0.406 e. The number of alkyl halides is 6. The summed E-state index contributed by atoms with van der Waals surface area (Å²) in [6, 6.07) is 16.4. The molecule has 3 heterocycles. The Labute approximate surface area is 294 Å². The van der Waals surface area contributed by atoms with Crippen molar-refractivity contribution >= 4 is 16.7 Å². The second-order valence-corrected chi connectivity index (χ2v) is 13.7. The molecule has 0 spiro atoms. The zero-order valence-corrected chi connectivity index (χ0v) is 28.8. The molecule has 1 aromatic heterocycles. The van der Waals surface area contributed by atoms with Crippen LogP contribution < -0.4 is 10.1 Å². The van der Waals surface area contributed by atoms with E-state index in [0.29, 0.717) is 56.8 Å².